The van der Waals surface area contributed by atoms with Gasteiger partial charge in [0.2, 0.25) is 5.91 Å². The summed E-state index contributed by atoms with van der Waals surface area (Å²) in [5, 5.41) is 3.46. The highest BCUT2D eigenvalue weighted by Gasteiger charge is 2.47. The minimum Gasteiger partial charge on any atom is -0.368 e. The third-order valence-corrected chi connectivity index (χ3v) is 6.15. The molecule has 6 heteroatoms. The molecule has 2 fully saturated rings. The van der Waals surface area contributed by atoms with Gasteiger partial charge in [0.1, 0.15) is 5.54 Å². The molecule has 2 atom stereocenters. The molecule has 1 heterocycles. The maximum absolute atomic E-state index is 12.1. The van der Waals surface area contributed by atoms with Gasteiger partial charge in [-0.2, -0.15) is 0 Å². The second-order valence-electron chi connectivity index (χ2n) is 6.70. The van der Waals surface area contributed by atoms with Gasteiger partial charge in [0, 0.05) is 41.4 Å². The third kappa shape index (κ3) is 4.05. The molecule has 0 aromatic heterocycles. The molecule has 0 spiro atoms. The normalized spacial score (nSPS) is 31.9. The summed E-state index contributed by atoms with van der Waals surface area (Å²) in [6, 6.07) is 0.260. The van der Waals surface area contributed by atoms with Crippen LogP contribution in [0.1, 0.15) is 39.5 Å². The van der Waals surface area contributed by atoms with Crippen LogP contribution in [0.4, 0.5) is 0 Å². The quantitative estimate of drug-likeness (QED) is 0.747. The van der Waals surface area contributed by atoms with Crippen LogP contribution in [0.25, 0.3) is 0 Å². The van der Waals surface area contributed by atoms with Crippen LogP contribution in [-0.4, -0.2) is 57.7 Å². The van der Waals surface area contributed by atoms with Crippen LogP contribution in [0.2, 0.25) is 0 Å². The zero-order valence-corrected chi connectivity index (χ0v) is 14.1. The summed E-state index contributed by atoms with van der Waals surface area (Å²) in [5.41, 5.74) is 5.22. The number of primary amides is 1. The van der Waals surface area contributed by atoms with Crippen molar-refractivity contribution in [3.8, 4) is 0 Å². The van der Waals surface area contributed by atoms with Crippen LogP contribution in [0.15, 0.2) is 0 Å². The zero-order chi connectivity index (χ0) is 15.5. The zero-order valence-electron chi connectivity index (χ0n) is 13.3. The van der Waals surface area contributed by atoms with Crippen molar-refractivity contribution >= 4 is 16.7 Å². The van der Waals surface area contributed by atoms with Crippen LogP contribution in [-0.2, 0) is 15.6 Å². The number of carbonyl (C=O) groups is 1. The smallest absolute Gasteiger partial charge is 0.238 e. The van der Waals surface area contributed by atoms with E-state index >= 15 is 0 Å². The highest BCUT2D eigenvalue weighted by atomic mass is 32.2. The predicted molar refractivity (Wildman–Crippen MR) is 86.5 cm³/mol. The highest BCUT2D eigenvalue weighted by Crippen LogP contribution is 2.38. The molecule has 2 rings (SSSR count). The van der Waals surface area contributed by atoms with Crippen LogP contribution in [0.5, 0.6) is 0 Å². The number of nitrogens with two attached hydrogens (primary N) is 1. The van der Waals surface area contributed by atoms with E-state index in [0.29, 0.717) is 5.92 Å². The molecule has 0 aromatic rings. The van der Waals surface area contributed by atoms with Gasteiger partial charge in [-0.05, 0) is 45.6 Å². The molecule has 5 nitrogen and oxygen atoms in total. The molecule has 3 N–H and O–H groups in total. The van der Waals surface area contributed by atoms with Gasteiger partial charge >= 0.3 is 0 Å². The number of amides is 1. The topological polar surface area (TPSA) is 75.4 Å². The Morgan fingerprint density at radius 2 is 2.10 bits per heavy atom. The Kier molecular flexibility index (Phi) is 5.80. The van der Waals surface area contributed by atoms with Crippen molar-refractivity contribution < 1.29 is 9.00 Å². The van der Waals surface area contributed by atoms with Gasteiger partial charge in [0.05, 0.1) is 0 Å². The summed E-state index contributed by atoms with van der Waals surface area (Å²) in [4.78, 5) is 14.4. The fourth-order valence-electron chi connectivity index (χ4n) is 3.81. The molecule has 21 heavy (non-hydrogen) atoms. The summed E-state index contributed by atoms with van der Waals surface area (Å²) < 4.78 is 11.4. The van der Waals surface area contributed by atoms with Crippen molar-refractivity contribution in [1.29, 1.82) is 0 Å². The molecule has 2 aliphatic rings. The van der Waals surface area contributed by atoms with Crippen molar-refractivity contribution in [2.75, 3.05) is 31.1 Å². The number of nitrogens with zero attached hydrogens (tertiary/aromatic N) is 1. The first kappa shape index (κ1) is 16.9. The average molecular weight is 315 g/mol. The maximum Gasteiger partial charge on any atom is 0.238 e. The van der Waals surface area contributed by atoms with Crippen molar-refractivity contribution in [3.05, 3.63) is 0 Å². The standard InChI is InChI=1S/C15H29N3O2S/c1-12(2)17-15(14(16)19)6-3-4-13(15)5-7-18-8-10-21(20)11-9-18/h12-13,17H,3-11H2,1-2H3,(H2,16,19). The van der Waals surface area contributed by atoms with E-state index in [1.165, 1.54) is 0 Å². The summed E-state index contributed by atoms with van der Waals surface area (Å²) in [6.07, 6.45) is 3.99. The highest BCUT2D eigenvalue weighted by molar-refractivity contribution is 7.85. The number of nitrogens with one attached hydrogen (secondary N) is 1. The Balaban J connectivity index is 1.94. The summed E-state index contributed by atoms with van der Waals surface area (Å²) in [5.74, 6) is 1.70. The molecular weight excluding hydrogens is 286 g/mol. The van der Waals surface area contributed by atoms with Gasteiger partial charge in [-0.25, -0.2) is 0 Å². The molecular formula is C15H29N3O2S. The summed E-state index contributed by atoms with van der Waals surface area (Å²) in [7, 11) is -0.625. The third-order valence-electron chi connectivity index (χ3n) is 4.87. The largest absolute Gasteiger partial charge is 0.368 e. The molecule has 1 aliphatic carbocycles. The van der Waals surface area contributed by atoms with Crippen LogP contribution in [0.3, 0.4) is 0 Å². The van der Waals surface area contributed by atoms with E-state index in [4.69, 9.17) is 5.73 Å². The molecule has 0 radical (unpaired) electrons. The van der Waals surface area contributed by atoms with Gasteiger partial charge < -0.3 is 16.0 Å². The molecule has 1 saturated carbocycles. The van der Waals surface area contributed by atoms with Gasteiger partial charge in [0.25, 0.3) is 0 Å². The van der Waals surface area contributed by atoms with E-state index in [0.717, 1.165) is 56.8 Å². The SMILES string of the molecule is CC(C)NC1(C(N)=O)CCCC1CCN1CCS(=O)CC1. The molecule has 0 aromatic carbocycles. The van der Waals surface area contributed by atoms with Crippen molar-refractivity contribution in [2.45, 2.75) is 51.1 Å². The minimum atomic E-state index is -0.625. The van der Waals surface area contributed by atoms with E-state index in [1.807, 2.05) is 0 Å². The van der Waals surface area contributed by atoms with Crippen molar-refractivity contribution in [3.63, 3.8) is 0 Å². The van der Waals surface area contributed by atoms with Crippen LogP contribution in [0, 0.1) is 5.92 Å². The predicted octanol–water partition coefficient (Wildman–Crippen LogP) is 0.463. The number of rotatable bonds is 6. The van der Waals surface area contributed by atoms with E-state index in [9.17, 15) is 9.00 Å². The Morgan fingerprint density at radius 3 is 2.67 bits per heavy atom. The molecule has 1 aliphatic heterocycles. The van der Waals surface area contributed by atoms with Gasteiger partial charge in [-0.3, -0.25) is 9.00 Å². The Labute approximate surface area is 130 Å². The summed E-state index contributed by atoms with van der Waals surface area (Å²) in [6.45, 7) is 6.96. The van der Waals surface area contributed by atoms with Crippen LogP contribution >= 0.6 is 0 Å². The fraction of sp³-hybridized carbons (Fsp3) is 0.933. The number of hydrogen-bond acceptors (Lipinski definition) is 4. The molecule has 1 saturated heterocycles. The lowest BCUT2D eigenvalue weighted by Crippen LogP contribution is -2.60. The van der Waals surface area contributed by atoms with E-state index in [-0.39, 0.29) is 11.9 Å². The van der Waals surface area contributed by atoms with E-state index in [1.54, 1.807) is 0 Å². The van der Waals surface area contributed by atoms with E-state index < -0.39 is 16.3 Å². The minimum absolute atomic E-state index is 0.196. The second kappa shape index (κ2) is 7.20. The fourth-order valence-corrected chi connectivity index (χ4v) is 4.93. The second-order valence-corrected chi connectivity index (χ2v) is 8.40. The molecule has 1 amide bonds. The van der Waals surface area contributed by atoms with Crippen LogP contribution < -0.4 is 11.1 Å². The van der Waals surface area contributed by atoms with Gasteiger partial charge in [-0.15, -0.1) is 0 Å². The number of carbonyl (C=O) groups excluding carboxylic acids is 1. The summed E-state index contributed by atoms with van der Waals surface area (Å²) >= 11 is 0. The molecule has 122 valence electrons. The Bertz CT molecular complexity index is 392. The Hall–Kier alpha value is -0.460. The van der Waals surface area contributed by atoms with Crippen molar-refractivity contribution in [2.24, 2.45) is 11.7 Å². The maximum atomic E-state index is 12.1. The lowest BCUT2D eigenvalue weighted by molar-refractivity contribution is -0.126. The first-order chi connectivity index (χ1) is 9.94. The monoisotopic (exact) mass is 315 g/mol. The lowest BCUT2D eigenvalue weighted by atomic mass is 9.83. The van der Waals surface area contributed by atoms with Gasteiger partial charge in [0.15, 0.2) is 0 Å². The molecule has 2 unspecified atom stereocenters. The lowest BCUT2D eigenvalue weighted by Gasteiger charge is -2.37. The van der Waals surface area contributed by atoms with Crippen molar-refractivity contribution in [1.82, 2.24) is 10.2 Å². The number of hydrogen-bond donors (Lipinski definition) is 2. The molecule has 0 bridgehead atoms. The first-order valence-electron chi connectivity index (χ1n) is 8.09. The average Bonchev–Trinajstić information content (AvgIpc) is 2.81. The van der Waals surface area contributed by atoms with E-state index in [2.05, 4.69) is 24.1 Å². The Morgan fingerprint density at radius 1 is 1.43 bits per heavy atom. The first-order valence-corrected chi connectivity index (χ1v) is 9.58. The van der Waals surface area contributed by atoms with Gasteiger partial charge in [-0.1, -0.05) is 6.42 Å².